The zero-order chi connectivity index (χ0) is 27.9. The molecular weight excluding hydrogens is 506 g/mol. The Labute approximate surface area is 230 Å². The standard InChI is InChI=1S/C33H23NO6/c34-27-21-26(32(36)40-33(37)39-25-19-11-4-12-20-25)29(30(35)23-15-7-2-8-16-23)31(38-24-17-9-3-10-18-24)28(27)22-13-5-1-6-14-22/h1-21H,34H2. The molecule has 5 aromatic carbocycles. The lowest BCUT2D eigenvalue weighted by molar-refractivity contribution is 0.0526. The van der Waals surface area contributed by atoms with Gasteiger partial charge >= 0.3 is 12.1 Å². The van der Waals surface area contributed by atoms with E-state index in [2.05, 4.69) is 0 Å². The highest BCUT2D eigenvalue weighted by molar-refractivity contribution is 6.19. The molecule has 5 rings (SSSR count). The predicted octanol–water partition coefficient (Wildman–Crippen LogP) is 7.31. The van der Waals surface area contributed by atoms with Crippen molar-refractivity contribution in [3.05, 3.63) is 144 Å². The van der Waals surface area contributed by atoms with Gasteiger partial charge in [0.05, 0.1) is 11.1 Å². The zero-order valence-corrected chi connectivity index (χ0v) is 21.2. The van der Waals surface area contributed by atoms with Gasteiger partial charge in [-0.3, -0.25) is 4.79 Å². The van der Waals surface area contributed by atoms with E-state index >= 15 is 0 Å². The molecule has 0 spiro atoms. The van der Waals surface area contributed by atoms with Gasteiger partial charge in [0.1, 0.15) is 17.2 Å². The molecule has 0 aliphatic heterocycles. The van der Waals surface area contributed by atoms with E-state index in [4.69, 9.17) is 19.9 Å². The molecular formula is C33H23NO6. The van der Waals surface area contributed by atoms with Crippen LogP contribution in [-0.4, -0.2) is 17.9 Å². The van der Waals surface area contributed by atoms with E-state index in [1.165, 1.54) is 18.2 Å². The molecule has 2 N–H and O–H groups in total. The van der Waals surface area contributed by atoms with Crippen molar-refractivity contribution in [2.24, 2.45) is 0 Å². The first-order chi connectivity index (χ1) is 19.5. The Morgan fingerprint density at radius 3 is 1.75 bits per heavy atom. The maximum Gasteiger partial charge on any atom is 0.521 e. The van der Waals surface area contributed by atoms with Gasteiger partial charge in [-0.05, 0) is 35.9 Å². The number of hydrogen-bond acceptors (Lipinski definition) is 7. The van der Waals surface area contributed by atoms with Crippen LogP contribution in [0.2, 0.25) is 0 Å². The van der Waals surface area contributed by atoms with E-state index in [1.54, 1.807) is 72.8 Å². The third kappa shape index (κ3) is 5.74. The van der Waals surface area contributed by atoms with Gasteiger partial charge in [-0.25, -0.2) is 9.59 Å². The lowest BCUT2D eigenvalue weighted by Gasteiger charge is -2.20. The van der Waals surface area contributed by atoms with Crippen LogP contribution in [0.3, 0.4) is 0 Å². The Balaban J connectivity index is 1.67. The summed E-state index contributed by atoms with van der Waals surface area (Å²) in [6, 6.07) is 35.8. The SMILES string of the molecule is Nc1cc(C(=O)OC(=O)Oc2ccccc2)c(C(=O)c2ccccc2)c(Oc2ccccc2)c1-c1ccccc1. The Morgan fingerprint density at radius 2 is 1.15 bits per heavy atom. The number of carbonyl (C=O) groups excluding carboxylic acids is 3. The largest absolute Gasteiger partial charge is 0.521 e. The van der Waals surface area contributed by atoms with Crippen LogP contribution in [0.1, 0.15) is 26.3 Å². The van der Waals surface area contributed by atoms with Crippen molar-refractivity contribution in [3.63, 3.8) is 0 Å². The van der Waals surface area contributed by atoms with Gasteiger partial charge in [-0.15, -0.1) is 0 Å². The van der Waals surface area contributed by atoms with Gasteiger partial charge < -0.3 is 19.9 Å². The van der Waals surface area contributed by atoms with Gasteiger partial charge in [0.25, 0.3) is 0 Å². The minimum atomic E-state index is -1.26. The smallest absolute Gasteiger partial charge is 0.456 e. The highest BCUT2D eigenvalue weighted by atomic mass is 16.7. The number of ether oxygens (including phenoxy) is 3. The van der Waals surface area contributed by atoms with Crippen LogP contribution in [0.25, 0.3) is 11.1 Å². The van der Waals surface area contributed by atoms with E-state index in [0.717, 1.165) is 0 Å². The molecule has 0 bridgehead atoms. The van der Waals surface area contributed by atoms with Crippen LogP contribution in [0, 0.1) is 0 Å². The Bertz CT molecular complexity index is 1650. The minimum Gasteiger partial charge on any atom is -0.456 e. The van der Waals surface area contributed by atoms with Crippen LogP contribution < -0.4 is 15.2 Å². The molecule has 7 nitrogen and oxygen atoms in total. The van der Waals surface area contributed by atoms with Gasteiger partial charge in [0, 0.05) is 16.8 Å². The summed E-state index contributed by atoms with van der Waals surface area (Å²) in [5, 5.41) is 0. The quantitative estimate of drug-likeness (QED) is 0.0774. The van der Waals surface area contributed by atoms with Gasteiger partial charge in [0.2, 0.25) is 0 Å². The second-order valence-electron chi connectivity index (χ2n) is 8.62. The molecule has 0 radical (unpaired) electrons. The molecule has 0 aliphatic carbocycles. The summed E-state index contributed by atoms with van der Waals surface area (Å²) in [6.07, 6.45) is -1.26. The van der Waals surface area contributed by atoms with E-state index < -0.39 is 17.9 Å². The third-order valence-corrected chi connectivity index (χ3v) is 5.94. The molecule has 5 aromatic rings. The number of nitrogen functional groups attached to an aromatic ring is 1. The minimum absolute atomic E-state index is 0.0506. The molecule has 196 valence electrons. The predicted molar refractivity (Wildman–Crippen MR) is 151 cm³/mol. The van der Waals surface area contributed by atoms with Crippen LogP contribution in [0.5, 0.6) is 17.2 Å². The molecule has 0 saturated heterocycles. The topological polar surface area (TPSA) is 105 Å². The van der Waals surface area contributed by atoms with Crippen LogP contribution in [-0.2, 0) is 4.74 Å². The van der Waals surface area contributed by atoms with Gasteiger partial charge in [-0.2, -0.15) is 0 Å². The second kappa shape index (κ2) is 11.8. The van der Waals surface area contributed by atoms with Crippen molar-refractivity contribution < 1.29 is 28.6 Å². The molecule has 0 fully saturated rings. The number of carbonyl (C=O) groups is 3. The normalized spacial score (nSPS) is 10.4. The van der Waals surface area contributed by atoms with E-state index in [0.29, 0.717) is 22.4 Å². The molecule has 0 aromatic heterocycles. The second-order valence-corrected chi connectivity index (χ2v) is 8.62. The van der Waals surface area contributed by atoms with Crippen molar-refractivity contribution in [1.82, 2.24) is 0 Å². The summed E-state index contributed by atoms with van der Waals surface area (Å²) in [7, 11) is 0. The van der Waals surface area contributed by atoms with Crippen LogP contribution >= 0.6 is 0 Å². The number of ketones is 1. The lowest BCUT2D eigenvalue weighted by atomic mass is 9.91. The lowest BCUT2D eigenvalue weighted by Crippen LogP contribution is -2.20. The molecule has 0 heterocycles. The molecule has 0 atom stereocenters. The molecule has 40 heavy (non-hydrogen) atoms. The summed E-state index contributed by atoms with van der Waals surface area (Å²) in [5.41, 5.74) is 7.65. The monoisotopic (exact) mass is 529 g/mol. The average molecular weight is 530 g/mol. The van der Waals surface area contributed by atoms with E-state index in [1.807, 2.05) is 36.4 Å². The Kier molecular flexibility index (Phi) is 7.64. The van der Waals surface area contributed by atoms with Gasteiger partial charge in [-0.1, -0.05) is 97.1 Å². The molecule has 0 saturated carbocycles. The number of para-hydroxylation sites is 2. The van der Waals surface area contributed by atoms with Crippen molar-refractivity contribution in [2.75, 3.05) is 5.73 Å². The Morgan fingerprint density at radius 1 is 0.625 bits per heavy atom. The first-order valence-electron chi connectivity index (χ1n) is 12.3. The van der Waals surface area contributed by atoms with Crippen molar-refractivity contribution in [2.45, 2.75) is 0 Å². The fourth-order valence-corrected chi connectivity index (χ4v) is 4.15. The van der Waals surface area contributed by atoms with Crippen molar-refractivity contribution in [1.29, 1.82) is 0 Å². The molecule has 7 heteroatoms. The number of nitrogens with two attached hydrogens (primary N) is 1. The summed E-state index contributed by atoms with van der Waals surface area (Å²) >= 11 is 0. The highest BCUT2D eigenvalue weighted by Gasteiger charge is 2.31. The number of rotatable bonds is 7. The number of benzene rings is 5. The van der Waals surface area contributed by atoms with E-state index in [9.17, 15) is 14.4 Å². The summed E-state index contributed by atoms with van der Waals surface area (Å²) in [5.74, 6) is -0.991. The summed E-state index contributed by atoms with van der Waals surface area (Å²) in [4.78, 5) is 39.9. The molecule has 0 unspecified atom stereocenters. The van der Waals surface area contributed by atoms with Crippen LogP contribution in [0.4, 0.5) is 10.5 Å². The first-order valence-corrected chi connectivity index (χ1v) is 12.3. The maximum absolute atomic E-state index is 14.0. The molecule has 0 amide bonds. The zero-order valence-electron chi connectivity index (χ0n) is 21.2. The fourth-order valence-electron chi connectivity index (χ4n) is 4.15. The highest BCUT2D eigenvalue weighted by Crippen LogP contribution is 2.43. The number of anilines is 1. The fraction of sp³-hybridized carbons (Fsp3) is 0. The maximum atomic E-state index is 14.0. The molecule has 0 aliphatic rings. The van der Waals surface area contributed by atoms with Crippen molar-refractivity contribution in [3.8, 4) is 28.4 Å². The Hall–Kier alpha value is -5.69. The number of esters is 1. The summed E-state index contributed by atoms with van der Waals surface area (Å²) < 4.78 is 16.4. The summed E-state index contributed by atoms with van der Waals surface area (Å²) in [6.45, 7) is 0. The van der Waals surface area contributed by atoms with E-state index in [-0.39, 0.29) is 28.3 Å². The number of hydrogen-bond donors (Lipinski definition) is 1. The van der Waals surface area contributed by atoms with Gasteiger partial charge in [0.15, 0.2) is 5.78 Å². The average Bonchev–Trinajstić information content (AvgIpc) is 2.98. The third-order valence-electron chi connectivity index (χ3n) is 5.94. The first kappa shape index (κ1) is 25.9. The van der Waals surface area contributed by atoms with Crippen LogP contribution in [0.15, 0.2) is 127 Å². The van der Waals surface area contributed by atoms with Crippen molar-refractivity contribution >= 4 is 23.6 Å².